The molecule has 6 nitrogen and oxygen atoms in total. The molecule has 1 atom stereocenters. The molecule has 0 aliphatic carbocycles. The van der Waals surface area contributed by atoms with Crippen molar-refractivity contribution in [2.75, 3.05) is 11.8 Å². The molecule has 0 aliphatic heterocycles. The number of ether oxygens (including phenoxy) is 1. The van der Waals surface area contributed by atoms with E-state index in [4.69, 9.17) is 16.3 Å². The van der Waals surface area contributed by atoms with E-state index >= 15 is 0 Å². The first-order valence-electron chi connectivity index (χ1n) is 8.04. The first-order valence-corrected chi connectivity index (χ1v) is 9.90. The minimum absolute atomic E-state index is 0.0208. The number of nitrogens with one attached hydrogen (secondary N) is 2. The van der Waals surface area contributed by atoms with Gasteiger partial charge in [0.1, 0.15) is 10.6 Å². The maximum Gasteiger partial charge on any atom is 0.263 e. The zero-order chi connectivity index (χ0) is 19.3. The number of hydrogen-bond donors (Lipinski definition) is 2. The van der Waals surface area contributed by atoms with E-state index in [0.717, 1.165) is 6.42 Å². The molecule has 8 heteroatoms. The summed E-state index contributed by atoms with van der Waals surface area (Å²) in [6.07, 6.45) is 0.764. The van der Waals surface area contributed by atoms with Gasteiger partial charge in [-0.05, 0) is 43.7 Å². The Morgan fingerprint density at radius 3 is 2.58 bits per heavy atom. The van der Waals surface area contributed by atoms with Gasteiger partial charge in [0.2, 0.25) is 0 Å². The summed E-state index contributed by atoms with van der Waals surface area (Å²) in [5, 5.41) is 2.82. The Hall–Kier alpha value is -2.25. The zero-order valence-electron chi connectivity index (χ0n) is 14.7. The third-order valence-corrected chi connectivity index (χ3v) is 5.67. The van der Waals surface area contributed by atoms with Crippen LogP contribution >= 0.6 is 11.6 Å². The highest BCUT2D eigenvalue weighted by Crippen LogP contribution is 2.29. The SMILES string of the molecule is CCC(C)NC(=O)c1ccc(Cl)c(S(=O)(=O)Nc2ccccc2OC)c1. The molecule has 2 rings (SSSR count). The van der Waals surface area contributed by atoms with E-state index in [0.29, 0.717) is 5.75 Å². The Morgan fingerprint density at radius 2 is 1.92 bits per heavy atom. The fourth-order valence-corrected chi connectivity index (χ4v) is 3.79. The van der Waals surface area contributed by atoms with Crippen LogP contribution in [0, 0.1) is 0 Å². The first-order chi connectivity index (χ1) is 12.3. The van der Waals surface area contributed by atoms with Crippen LogP contribution in [0.3, 0.4) is 0 Å². The lowest BCUT2D eigenvalue weighted by atomic mass is 10.2. The van der Waals surface area contributed by atoms with Crippen molar-refractivity contribution in [1.29, 1.82) is 0 Å². The van der Waals surface area contributed by atoms with Crippen molar-refractivity contribution in [3.05, 3.63) is 53.1 Å². The Balaban J connectivity index is 2.37. The van der Waals surface area contributed by atoms with Gasteiger partial charge >= 0.3 is 0 Å². The predicted octanol–water partition coefficient (Wildman–Crippen LogP) is 3.68. The predicted molar refractivity (Wildman–Crippen MR) is 102 cm³/mol. The molecule has 2 aromatic rings. The summed E-state index contributed by atoms with van der Waals surface area (Å²) < 4.78 is 33.1. The molecule has 0 radical (unpaired) electrons. The lowest BCUT2D eigenvalue weighted by Crippen LogP contribution is -2.32. The first kappa shape index (κ1) is 20.1. The molecule has 2 aromatic carbocycles. The van der Waals surface area contributed by atoms with Gasteiger partial charge in [-0.3, -0.25) is 9.52 Å². The van der Waals surface area contributed by atoms with Gasteiger partial charge in [0.15, 0.2) is 0 Å². The summed E-state index contributed by atoms with van der Waals surface area (Å²) in [5.41, 5.74) is 0.496. The van der Waals surface area contributed by atoms with E-state index in [1.807, 2.05) is 13.8 Å². The summed E-state index contributed by atoms with van der Waals surface area (Å²) in [6.45, 7) is 3.81. The highest BCUT2D eigenvalue weighted by atomic mass is 35.5. The molecule has 0 bridgehead atoms. The second-order valence-corrected chi connectivity index (χ2v) is 7.79. The third-order valence-electron chi connectivity index (χ3n) is 3.82. The van der Waals surface area contributed by atoms with Crippen molar-refractivity contribution in [3.8, 4) is 5.75 Å². The molecule has 0 saturated carbocycles. The molecular weight excluding hydrogens is 376 g/mol. The number of sulfonamides is 1. The van der Waals surface area contributed by atoms with Crippen molar-refractivity contribution >= 4 is 33.2 Å². The standard InChI is InChI=1S/C18H21ClN2O4S/c1-4-12(2)20-18(22)13-9-10-14(19)17(11-13)26(23,24)21-15-7-5-6-8-16(15)25-3/h5-12,21H,4H2,1-3H3,(H,20,22). The monoisotopic (exact) mass is 396 g/mol. The molecule has 140 valence electrons. The molecule has 0 aliphatic rings. The fraction of sp³-hybridized carbons (Fsp3) is 0.278. The van der Waals surface area contributed by atoms with E-state index in [9.17, 15) is 13.2 Å². The Bertz CT molecular complexity index is 900. The van der Waals surface area contributed by atoms with Crippen LogP contribution in [-0.2, 0) is 10.0 Å². The number of halogens is 1. The molecule has 0 saturated heterocycles. The molecule has 1 unspecified atom stereocenters. The molecule has 0 fully saturated rings. The number of carbonyl (C=O) groups excluding carboxylic acids is 1. The summed E-state index contributed by atoms with van der Waals surface area (Å²) in [7, 11) is -2.56. The van der Waals surface area contributed by atoms with Crippen molar-refractivity contribution in [1.82, 2.24) is 5.32 Å². The van der Waals surface area contributed by atoms with Gasteiger partial charge in [-0.15, -0.1) is 0 Å². The largest absolute Gasteiger partial charge is 0.495 e. The molecule has 0 spiro atoms. The minimum Gasteiger partial charge on any atom is -0.495 e. The highest BCUT2D eigenvalue weighted by molar-refractivity contribution is 7.92. The molecule has 1 amide bonds. The van der Waals surface area contributed by atoms with Crippen LogP contribution < -0.4 is 14.8 Å². The quantitative estimate of drug-likeness (QED) is 0.747. The van der Waals surface area contributed by atoms with E-state index in [1.165, 1.54) is 25.3 Å². The zero-order valence-corrected chi connectivity index (χ0v) is 16.3. The number of rotatable bonds is 7. The number of amides is 1. The van der Waals surface area contributed by atoms with Crippen LogP contribution in [0.1, 0.15) is 30.6 Å². The number of hydrogen-bond acceptors (Lipinski definition) is 4. The maximum absolute atomic E-state index is 12.8. The lowest BCUT2D eigenvalue weighted by Gasteiger charge is -2.14. The van der Waals surface area contributed by atoms with Gasteiger partial charge in [0, 0.05) is 11.6 Å². The number of methoxy groups -OCH3 is 1. The van der Waals surface area contributed by atoms with E-state index in [-0.39, 0.29) is 33.1 Å². The van der Waals surface area contributed by atoms with E-state index in [2.05, 4.69) is 10.0 Å². The van der Waals surface area contributed by atoms with E-state index < -0.39 is 10.0 Å². The smallest absolute Gasteiger partial charge is 0.263 e. The molecule has 0 heterocycles. The third kappa shape index (κ3) is 4.68. The summed E-state index contributed by atoms with van der Waals surface area (Å²) in [5.74, 6) is 0.0163. The van der Waals surface area contributed by atoms with Crippen LogP contribution in [0.2, 0.25) is 5.02 Å². The van der Waals surface area contributed by atoms with Gasteiger partial charge in [-0.1, -0.05) is 30.7 Å². The number of anilines is 1. The van der Waals surface area contributed by atoms with Crippen molar-refractivity contribution in [2.24, 2.45) is 0 Å². The maximum atomic E-state index is 12.8. The van der Waals surface area contributed by atoms with Crippen LogP contribution in [-0.4, -0.2) is 27.5 Å². The Labute approximate surface area is 158 Å². The average molecular weight is 397 g/mol. The summed E-state index contributed by atoms with van der Waals surface area (Å²) in [4.78, 5) is 12.1. The van der Waals surface area contributed by atoms with Gasteiger partial charge in [0.25, 0.3) is 15.9 Å². The normalized spacial score (nSPS) is 12.3. The van der Waals surface area contributed by atoms with Crippen LogP contribution in [0.15, 0.2) is 47.4 Å². The Morgan fingerprint density at radius 1 is 1.23 bits per heavy atom. The van der Waals surface area contributed by atoms with Crippen molar-refractivity contribution < 1.29 is 17.9 Å². The Kier molecular flexibility index (Phi) is 6.50. The van der Waals surface area contributed by atoms with Crippen molar-refractivity contribution in [3.63, 3.8) is 0 Å². The number of benzene rings is 2. The second kappa shape index (κ2) is 8.42. The molecule has 0 aromatic heterocycles. The topological polar surface area (TPSA) is 84.5 Å². The molecular formula is C18H21ClN2O4S. The van der Waals surface area contributed by atoms with Crippen molar-refractivity contribution in [2.45, 2.75) is 31.2 Å². The molecule has 2 N–H and O–H groups in total. The number of para-hydroxylation sites is 2. The minimum atomic E-state index is -4.01. The average Bonchev–Trinajstić information content (AvgIpc) is 2.61. The molecule has 26 heavy (non-hydrogen) atoms. The summed E-state index contributed by atoms with van der Waals surface area (Å²) >= 11 is 6.08. The highest BCUT2D eigenvalue weighted by Gasteiger charge is 2.22. The van der Waals surface area contributed by atoms with Crippen LogP contribution in [0.4, 0.5) is 5.69 Å². The summed E-state index contributed by atoms with van der Waals surface area (Å²) in [6, 6.07) is 10.7. The van der Waals surface area contributed by atoms with Gasteiger partial charge in [-0.25, -0.2) is 8.42 Å². The van der Waals surface area contributed by atoms with Crippen LogP contribution in [0.25, 0.3) is 0 Å². The van der Waals surface area contributed by atoms with E-state index in [1.54, 1.807) is 24.3 Å². The van der Waals surface area contributed by atoms with Gasteiger partial charge < -0.3 is 10.1 Å². The number of carbonyl (C=O) groups is 1. The fourth-order valence-electron chi connectivity index (χ4n) is 2.19. The second-order valence-electron chi connectivity index (χ2n) is 5.73. The van der Waals surface area contributed by atoms with Gasteiger partial charge in [0.05, 0.1) is 17.8 Å². The van der Waals surface area contributed by atoms with Crippen LogP contribution in [0.5, 0.6) is 5.75 Å². The lowest BCUT2D eigenvalue weighted by molar-refractivity contribution is 0.0939. The van der Waals surface area contributed by atoms with Gasteiger partial charge in [-0.2, -0.15) is 0 Å².